The van der Waals surface area contributed by atoms with Crippen LogP contribution in [-0.2, 0) is 22.6 Å². The molecule has 0 saturated carbocycles. The van der Waals surface area contributed by atoms with Crippen molar-refractivity contribution in [2.24, 2.45) is 5.73 Å². The van der Waals surface area contributed by atoms with E-state index in [0.29, 0.717) is 37.7 Å². The van der Waals surface area contributed by atoms with E-state index >= 15 is 0 Å². The van der Waals surface area contributed by atoms with Crippen molar-refractivity contribution in [2.75, 3.05) is 20.2 Å². The Morgan fingerprint density at radius 3 is 2.79 bits per heavy atom. The first-order valence-corrected chi connectivity index (χ1v) is 6.76. The highest BCUT2D eigenvalue weighted by atomic mass is 35.5. The Labute approximate surface area is 119 Å². The zero-order chi connectivity index (χ0) is 14.3. The van der Waals surface area contributed by atoms with E-state index in [4.69, 9.17) is 22.1 Å². The van der Waals surface area contributed by atoms with Gasteiger partial charge in [0.2, 0.25) is 0 Å². The number of carbonyl (C=O) groups excluding carboxylic acids is 1. The van der Waals surface area contributed by atoms with Gasteiger partial charge < -0.3 is 15.4 Å². The van der Waals surface area contributed by atoms with Gasteiger partial charge in [-0.25, -0.2) is 0 Å². The number of rotatable bonds is 7. The van der Waals surface area contributed by atoms with E-state index in [2.05, 4.69) is 0 Å². The Balaban J connectivity index is 2.48. The highest BCUT2D eigenvalue weighted by Crippen LogP contribution is 2.19. The van der Waals surface area contributed by atoms with E-state index < -0.39 is 0 Å². The summed E-state index contributed by atoms with van der Waals surface area (Å²) in [6, 6.07) is 5.84. The summed E-state index contributed by atoms with van der Waals surface area (Å²) in [5.41, 5.74) is 7.61. The van der Waals surface area contributed by atoms with E-state index in [1.54, 1.807) is 6.92 Å². The summed E-state index contributed by atoms with van der Waals surface area (Å²) in [6.07, 6.45) is 0.392. The van der Waals surface area contributed by atoms with Gasteiger partial charge in [0.25, 0.3) is 0 Å². The van der Waals surface area contributed by atoms with Gasteiger partial charge in [0.05, 0.1) is 13.0 Å². The predicted octanol–water partition coefficient (Wildman–Crippen LogP) is 2.18. The van der Waals surface area contributed by atoms with Gasteiger partial charge in [-0.2, -0.15) is 0 Å². The normalized spacial score (nSPS) is 10.8. The molecule has 0 atom stereocenters. The SMILES string of the molecule is CCOC(=O)CCN(C)Cc1ccc(CN)cc1Cl. The lowest BCUT2D eigenvalue weighted by molar-refractivity contribution is -0.143. The number of carbonyl (C=O) groups is 1. The molecule has 0 saturated heterocycles. The Bertz CT molecular complexity index is 424. The molecule has 0 spiro atoms. The number of nitrogens with zero attached hydrogens (tertiary/aromatic N) is 1. The topological polar surface area (TPSA) is 55.6 Å². The monoisotopic (exact) mass is 284 g/mol. The number of nitrogens with two attached hydrogens (primary N) is 1. The third kappa shape index (κ3) is 5.59. The maximum atomic E-state index is 11.3. The second kappa shape index (κ2) is 8.15. The maximum absolute atomic E-state index is 11.3. The summed E-state index contributed by atoms with van der Waals surface area (Å²) in [4.78, 5) is 13.3. The van der Waals surface area contributed by atoms with E-state index in [9.17, 15) is 4.79 Å². The molecule has 0 bridgehead atoms. The first-order valence-electron chi connectivity index (χ1n) is 6.38. The van der Waals surface area contributed by atoms with Crippen LogP contribution in [-0.4, -0.2) is 31.1 Å². The molecule has 5 heteroatoms. The van der Waals surface area contributed by atoms with Crippen LogP contribution >= 0.6 is 11.6 Å². The summed E-state index contributed by atoms with van der Waals surface area (Å²) in [6.45, 7) is 4.06. The molecule has 19 heavy (non-hydrogen) atoms. The van der Waals surface area contributed by atoms with Crippen molar-refractivity contribution in [1.29, 1.82) is 0 Å². The van der Waals surface area contributed by atoms with Gasteiger partial charge in [0.1, 0.15) is 0 Å². The standard InChI is InChI=1S/C14H21ClN2O2/c1-3-19-14(18)6-7-17(2)10-12-5-4-11(9-16)8-13(12)15/h4-5,8H,3,6-7,9-10,16H2,1-2H3. The first kappa shape index (κ1) is 16.0. The molecule has 0 aliphatic carbocycles. The quantitative estimate of drug-likeness (QED) is 0.780. The van der Waals surface area contributed by atoms with Gasteiger partial charge in [0.15, 0.2) is 0 Å². The van der Waals surface area contributed by atoms with Crippen LogP contribution in [0.2, 0.25) is 5.02 Å². The molecule has 0 radical (unpaired) electrons. The van der Waals surface area contributed by atoms with Crippen molar-refractivity contribution in [3.8, 4) is 0 Å². The van der Waals surface area contributed by atoms with E-state index in [1.807, 2.05) is 30.1 Å². The molecule has 106 valence electrons. The molecule has 1 aromatic rings. The predicted molar refractivity (Wildman–Crippen MR) is 76.9 cm³/mol. The van der Waals surface area contributed by atoms with Crippen molar-refractivity contribution in [3.05, 3.63) is 34.3 Å². The zero-order valence-corrected chi connectivity index (χ0v) is 12.2. The Kier molecular flexibility index (Phi) is 6.84. The summed E-state index contributed by atoms with van der Waals surface area (Å²) >= 11 is 6.19. The molecule has 1 aromatic carbocycles. The van der Waals surface area contributed by atoms with Gasteiger partial charge in [-0.05, 0) is 31.2 Å². The fourth-order valence-corrected chi connectivity index (χ4v) is 1.99. The Morgan fingerprint density at radius 1 is 1.47 bits per heavy atom. The minimum Gasteiger partial charge on any atom is -0.466 e. The first-order chi connectivity index (χ1) is 9.06. The third-order valence-electron chi connectivity index (χ3n) is 2.80. The van der Waals surface area contributed by atoms with Crippen molar-refractivity contribution < 1.29 is 9.53 Å². The Morgan fingerprint density at radius 2 is 2.21 bits per heavy atom. The lowest BCUT2D eigenvalue weighted by Crippen LogP contribution is -2.22. The van der Waals surface area contributed by atoms with Crippen LogP contribution in [0.5, 0.6) is 0 Å². The van der Waals surface area contributed by atoms with Gasteiger partial charge >= 0.3 is 5.97 Å². The molecule has 0 aliphatic rings. The van der Waals surface area contributed by atoms with Gasteiger partial charge in [-0.15, -0.1) is 0 Å². The van der Waals surface area contributed by atoms with Crippen molar-refractivity contribution in [3.63, 3.8) is 0 Å². The second-order valence-electron chi connectivity index (χ2n) is 4.42. The molecule has 0 unspecified atom stereocenters. The van der Waals surface area contributed by atoms with Crippen LogP contribution in [0.15, 0.2) is 18.2 Å². The van der Waals surface area contributed by atoms with E-state index in [-0.39, 0.29) is 5.97 Å². The molecular formula is C14H21ClN2O2. The smallest absolute Gasteiger partial charge is 0.307 e. The van der Waals surface area contributed by atoms with Gasteiger partial charge in [0, 0.05) is 24.7 Å². The number of halogens is 1. The van der Waals surface area contributed by atoms with Crippen molar-refractivity contribution in [2.45, 2.75) is 26.4 Å². The molecule has 0 aliphatic heterocycles. The molecule has 2 N–H and O–H groups in total. The second-order valence-corrected chi connectivity index (χ2v) is 4.83. The van der Waals surface area contributed by atoms with Crippen molar-refractivity contribution in [1.82, 2.24) is 4.90 Å². The van der Waals surface area contributed by atoms with Crippen molar-refractivity contribution >= 4 is 17.6 Å². The van der Waals surface area contributed by atoms with Crippen LogP contribution < -0.4 is 5.73 Å². The zero-order valence-electron chi connectivity index (χ0n) is 11.5. The minimum absolute atomic E-state index is 0.168. The van der Waals surface area contributed by atoms with Crippen LogP contribution in [0.3, 0.4) is 0 Å². The van der Waals surface area contributed by atoms with Gasteiger partial charge in [-0.1, -0.05) is 23.7 Å². The number of benzene rings is 1. The van der Waals surface area contributed by atoms with E-state index in [1.165, 1.54) is 0 Å². The van der Waals surface area contributed by atoms with Gasteiger partial charge in [-0.3, -0.25) is 4.79 Å². The number of esters is 1. The van der Waals surface area contributed by atoms with Crippen LogP contribution in [0.25, 0.3) is 0 Å². The van der Waals surface area contributed by atoms with Crippen LogP contribution in [0.4, 0.5) is 0 Å². The highest BCUT2D eigenvalue weighted by molar-refractivity contribution is 6.31. The molecule has 4 nitrogen and oxygen atoms in total. The summed E-state index contributed by atoms with van der Waals surface area (Å²) in [7, 11) is 1.95. The molecule has 0 fully saturated rings. The third-order valence-corrected chi connectivity index (χ3v) is 3.15. The molecule has 0 amide bonds. The summed E-state index contributed by atoms with van der Waals surface area (Å²) < 4.78 is 4.89. The lowest BCUT2D eigenvalue weighted by Gasteiger charge is -2.17. The molecule has 1 rings (SSSR count). The fourth-order valence-electron chi connectivity index (χ4n) is 1.73. The number of ether oxygens (including phenoxy) is 1. The summed E-state index contributed by atoms with van der Waals surface area (Å²) in [5.74, 6) is -0.168. The molecule has 0 aromatic heterocycles. The van der Waals surface area contributed by atoms with Crippen LogP contribution in [0, 0.1) is 0 Å². The number of hydrogen-bond acceptors (Lipinski definition) is 4. The highest BCUT2D eigenvalue weighted by Gasteiger charge is 2.08. The fraction of sp³-hybridized carbons (Fsp3) is 0.500. The lowest BCUT2D eigenvalue weighted by atomic mass is 10.1. The largest absolute Gasteiger partial charge is 0.466 e. The Hall–Kier alpha value is -1.10. The average molecular weight is 285 g/mol. The summed E-state index contributed by atoms with van der Waals surface area (Å²) in [5, 5.41) is 0.714. The maximum Gasteiger partial charge on any atom is 0.307 e. The molecule has 0 heterocycles. The number of hydrogen-bond donors (Lipinski definition) is 1. The van der Waals surface area contributed by atoms with Crippen LogP contribution in [0.1, 0.15) is 24.5 Å². The molecular weight excluding hydrogens is 264 g/mol. The van der Waals surface area contributed by atoms with E-state index in [0.717, 1.165) is 11.1 Å². The average Bonchev–Trinajstić information content (AvgIpc) is 2.39. The minimum atomic E-state index is -0.168.